The maximum absolute atomic E-state index is 13.0. The van der Waals surface area contributed by atoms with E-state index in [-0.39, 0.29) is 24.7 Å². The number of guanidine groups is 1. The van der Waals surface area contributed by atoms with Crippen LogP contribution in [0.25, 0.3) is 0 Å². The van der Waals surface area contributed by atoms with E-state index in [1.54, 1.807) is 13.8 Å². The van der Waals surface area contributed by atoms with Gasteiger partial charge in [-0.3, -0.25) is 24.2 Å². The van der Waals surface area contributed by atoms with E-state index in [9.17, 15) is 29.1 Å². The Morgan fingerprint density at radius 1 is 0.857 bits per heavy atom. The maximum atomic E-state index is 13.0. The van der Waals surface area contributed by atoms with Crippen molar-refractivity contribution < 1.29 is 29.1 Å². The smallest absolute Gasteiger partial charge is 0.326 e. The van der Waals surface area contributed by atoms with Crippen molar-refractivity contribution >= 4 is 35.6 Å². The molecule has 35 heavy (non-hydrogen) atoms. The van der Waals surface area contributed by atoms with Crippen molar-refractivity contribution in [3.05, 3.63) is 0 Å². The molecule has 0 aromatic carbocycles. The Labute approximate surface area is 205 Å². The average molecular weight is 501 g/mol. The van der Waals surface area contributed by atoms with Crippen molar-refractivity contribution in [1.29, 1.82) is 0 Å². The van der Waals surface area contributed by atoms with Gasteiger partial charge in [0.2, 0.25) is 23.6 Å². The molecule has 12 N–H and O–H groups in total. The maximum Gasteiger partial charge on any atom is 0.326 e. The van der Waals surface area contributed by atoms with Crippen LogP contribution in [0.15, 0.2) is 4.99 Å². The summed E-state index contributed by atoms with van der Waals surface area (Å²) in [5, 5.41) is 16.6. The molecule has 0 fully saturated rings. The van der Waals surface area contributed by atoms with Gasteiger partial charge >= 0.3 is 5.97 Å². The minimum atomic E-state index is -1.54. The van der Waals surface area contributed by atoms with Crippen molar-refractivity contribution in [2.45, 2.75) is 77.5 Å². The molecule has 0 aromatic heterocycles. The number of carbonyl (C=O) groups is 5. The monoisotopic (exact) mass is 500 g/mol. The lowest BCUT2D eigenvalue weighted by atomic mass is 9.99. The van der Waals surface area contributed by atoms with Crippen LogP contribution in [0.4, 0.5) is 0 Å². The molecule has 14 nitrogen and oxygen atoms in total. The SMILES string of the molecule is CC(C)CC(NC(=O)C(N)CCCN=C(N)N)C(=O)NC(C(=O)NC(CC(N)=O)C(=O)O)C(C)C. The number of hydrogen-bond donors (Lipinski definition) is 8. The molecule has 0 spiro atoms. The van der Waals surface area contributed by atoms with E-state index in [4.69, 9.17) is 22.9 Å². The Morgan fingerprint density at radius 3 is 1.89 bits per heavy atom. The first-order valence-electron chi connectivity index (χ1n) is 11.4. The normalized spacial score (nSPS) is 14.4. The fourth-order valence-electron chi connectivity index (χ4n) is 3.08. The molecular formula is C21H40N8O6. The summed E-state index contributed by atoms with van der Waals surface area (Å²) < 4.78 is 0. The van der Waals surface area contributed by atoms with Crippen LogP contribution < -0.4 is 38.9 Å². The summed E-state index contributed by atoms with van der Waals surface area (Å²) >= 11 is 0. The number of primary amides is 1. The first kappa shape index (κ1) is 31.6. The summed E-state index contributed by atoms with van der Waals surface area (Å²) in [4.78, 5) is 64.5. The number of carboxylic acids is 1. The topological polar surface area (TPSA) is 258 Å². The lowest BCUT2D eigenvalue weighted by Crippen LogP contribution is -2.58. The van der Waals surface area contributed by atoms with Gasteiger partial charge in [-0.2, -0.15) is 0 Å². The lowest BCUT2D eigenvalue weighted by molar-refractivity contribution is -0.144. The van der Waals surface area contributed by atoms with Crippen LogP contribution in [0, 0.1) is 11.8 Å². The molecule has 0 aromatic rings. The van der Waals surface area contributed by atoms with Crippen LogP contribution >= 0.6 is 0 Å². The number of amides is 4. The highest BCUT2D eigenvalue weighted by Gasteiger charge is 2.32. The molecule has 14 heteroatoms. The average Bonchev–Trinajstić information content (AvgIpc) is 2.72. The van der Waals surface area contributed by atoms with Crippen molar-refractivity contribution in [3.8, 4) is 0 Å². The number of aliphatic imine (C=N–C) groups is 1. The zero-order valence-electron chi connectivity index (χ0n) is 20.7. The predicted molar refractivity (Wildman–Crippen MR) is 129 cm³/mol. The number of rotatable bonds is 16. The molecule has 0 radical (unpaired) electrons. The Kier molecular flexibility index (Phi) is 14.0. The largest absolute Gasteiger partial charge is 0.480 e. The molecule has 0 heterocycles. The third-order valence-corrected chi connectivity index (χ3v) is 4.91. The highest BCUT2D eigenvalue weighted by molar-refractivity contribution is 5.95. The third-order valence-electron chi connectivity index (χ3n) is 4.91. The summed E-state index contributed by atoms with van der Waals surface area (Å²) in [7, 11) is 0. The fraction of sp³-hybridized carbons (Fsp3) is 0.714. The number of hydrogen-bond acceptors (Lipinski definition) is 7. The summed E-state index contributed by atoms with van der Waals surface area (Å²) in [5.74, 6) is -4.80. The number of aliphatic carboxylic acids is 1. The van der Waals surface area contributed by atoms with Gasteiger partial charge in [0.25, 0.3) is 0 Å². The minimum absolute atomic E-state index is 0.0161. The van der Waals surface area contributed by atoms with Crippen LogP contribution in [-0.2, 0) is 24.0 Å². The number of carboxylic acid groups (broad SMARTS) is 1. The number of nitrogens with zero attached hydrogens (tertiary/aromatic N) is 1. The summed E-state index contributed by atoms with van der Waals surface area (Å²) in [5.41, 5.74) is 21.5. The molecule has 0 aliphatic heterocycles. The summed E-state index contributed by atoms with van der Waals surface area (Å²) in [6.07, 6.45) is 0.405. The van der Waals surface area contributed by atoms with Gasteiger partial charge in [0.05, 0.1) is 12.5 Å². The second-order valence-electron chi connectivity index (χ2n) is 9.05. The molecule has 4 unspecified atom stereocenters. The molecule has 0 saturated carbocycles. The van der Waals surface area contributed by atoms with E-state index in [1.807, 2.05) is 13.8 Å². The van der Waals surface area contributed by atoms with Crippen LogP contribution in [-0.4, -0.2) is 71.4 Å². The Bertz CT molecular complexity index is 782. The van der Waals surface area contributed by atoms with Crippen LogP contribution in [0.5, 0.6) is 0 Å². The Morgan fingerprint density at radius 2 is 1.43 bits per heavy atom. The summed E-state index contributed by atoms with van der Waals surface area (Å²) in [6, 6.07) is -4.56. The lowest BCUT2D eigenvalue weighted by Gasteiger charge is -2.27. The molecule has 0 saturated heterocycles. The predicted octanol–water partition coefficient (Wildman–Crippen LogP) is -2.52. The molecule has 0 aliphatic rings. The molecule has 4 amide bonds. The highest BCUT2D eigenvalue weighted by atomic mass is 16.4. The molecule has 0 bridgehead atoms. The van der Waals surface area contributed by atoms with Gasteiger partial charge in [-0.05, 0) is 31.1 Å². The quantitative estimate of drug-likeness (QED) is 0.0631. The van der Waals surface area contributed by atoms with E-state index in [0.717, 1.165) is 0 Å². The second kappa shape index (κ2) is 15.5. The Hall–Kier alpha value is -3.42. The number of nitrogens with one attached hydrogen (secondary N) is 3. The second-order valence-corrected chi connectivity index (χ2v) is 9.05. The molecular weight excluding hydrogens is 460 g/mol. The van der Waals surface area contributed by atoms with Crippen LogP contribution in [0.3, 0.4) is 0 Å². The van der Waals surface area contributed by atoms with Crippen molar-refractivity contribution in [1.82, 2.24) is 16.0 Å². The third kappa shape index (κ3) is 13.2. The van der Waals surface area contributed by atoms with Gasteiger partial charge in [0, 0.05) is 6.54 Å². The highest BCUT2D eigenvalue weighted by Crippen LogP contribution is 2.09. The summed E-state index contributed by atoms with van der Waals surface area (Å²) in [6.45, 7) is 7.32. The molecule has 200 valence electrons. The van der Waals surface area contributed by atoms with Crippen LogP contribution in [0.1, 0.15) is 53.4 Å². The standard InChI is InChI=1S/C21H40N8O6/c1-10(2)8-13(27-17(31)12(22)6-5-7-26-21(24)25)18(32)29-16(11(3)4)19(33)28-14(20(34)35)9-15(23)30/h10-14,16H,5-9,22H2,1-4H3,(H2,23,30)(H,27,31)(H,28,33)(H,29,32)(H,34,35)(H4,24,25,26). The zero-order chi connectivity index (χ0) is 27.3. The van der Waals surface area contributed by atoms with E-state index < -0.39 is 66.1 Å². The van der Waals surface area contributed by atoms with Gasteiger partial charge < -0.3 is 44.0 Å². The molecule has 0 rings (SSSR count). The van der Waals surface area contributed by atoms with Crippen molar-refractivity contribution in [2.75, 3.05) is 6.54 Å². The van der Waals surface area contributed by atoms with Gasteiger partial charge in [-0.15, -0.1) is 0 Å². The first-order valence-corrected chi connectivity index (χ1v) is 11.4. The number of carbonyl (C=O) groups excluding carboxylic acids is 4. The van der Waals surface area contributed by atoms with Gasteiger partial charge in [-0.1, -0.05) is 27.7 Å². The minimum Gasteiger partial charge on any atom is -0.480 e. The van der Waals surface area contributed by atoms with Crippen LogP contribution in [0.2, 0.25) is 0 Å². The van der Waals surface area contributed by atoms with E-state index in [2.05, 4.69) is 20.9 Å². The molecule has 0 aliphatic carbocycles. The number of nitrogens with two attached hydrogens (primary N) is 4. The Balaban J connectivity index is 5.34. The molecule has 4 atom stereocenters. The fourth-order valence-corrected chi connectivity index (χ4v) is 3.08. The van der Waals surface area contributed by atoms with Crippen molar-refractivity contribution in [3.63, 3.8) is 0 Å². The van der Waals surface area contributed by atoms with Gasteiger partial charge in [0.1, 0.15) is 18.1 Å². The van der Waals surface area contributed by atoms with E-state index >= 15 is 0 Å². The van der Waals surface area contributed by atoms with Gasteiger partial charge in [-0.25, -0.2) is 4.79 Å². The van der Waals surface area contributed by atoms with E-state index in [0.29, 0.717) is 13.0 Å². The van der Waals surface area contributed by atoms with E-state index in [1.165, 1.54) is 0 Å². The van der Waals surface area contributed by atoms with Gasteiger partial charge in [0.15, 0.2) is 5.96 Å². The zero-order valence-corrected chi connectivity index (χ0v) is 20.7. The first-order chi connectivity index (χ1) is 16.1. The van der Waals surface area contributed by atoms with Crippen molar-refractivity contribution in [2.24, 2.45) is 39.8 Å².